The molecule has 0 saturated carbocycles. The fourth-order valence-corrected chi connectivity index (χ4v) is 2.16. The van der Waals surface area contributed by atoms with Gasteiger partial charge in [-0.1, -0.05) is 17.7 Å². The van der Waals surface area contributed by atoms with E-state index in [9.17, 15) is 4.79 Å². The molecule has 2 rings (SSSR count). The number of nitrogens with zero attached hydrogens (tertiary/aromatic N) is 1. The quantitative estimate of drug-likeness (QED) is 0.897. The Labute approximate surface area is 112 Å². The Kier molecular flexibility index (Phi) is 4.44. The molecule has 1 N–H and O–H groups in total. The van der Waals surface area contributed by atoms with Crippen LogP contribution < -0.4 is 5.32 Å². The van der Waals surface area contributed by atoms with Crippen molar-refractivity contribution in [2.45, 2.75) is 18.9 Å². The lowest BCUT2D eigenvalue weighted by Gasteiger charge is -2.28. The van der Waals surface area contributed by atoms with E-state index in [1.807, 2.05) is 0 Å². The molecule has 98 valence electrons. The zero-order valence-electron chi connectivity index (χ0n) is 10.4. The number of piperidine rings is 1. The van der Waals surface area contributed by atoms with Crippen LogP contribution in [-0.2, 0) is 4.74 Å². The van der Waals surface area contributed by atoms with Crippen LogP contribution in [0.25, 0.3) is 0 Å². The molecule has 5 heteroatoms. The molecule has 1 aromatic carbocycles. The van der Waals surface area contributed by atoms with Gasteiger partial charge in [0.05, 0.1) is 0 Å². The Hall–Kier alpha value is -1.26. The molecule has 0 bridgehead atoms. The Morgan fingerprint density at radius 3 is 2.83 bits per heavy atom. The first-order valence-corrected chi connectivity index (χ1v) is 6.43. The first kappa shape index (κ1) is 13.2. The standard InChI is InChI=1S/C13H17ClN2O2/c1-16-7-5-12(6-8-16)18-13(17)15-11-4-2-3-10(14)9-11/h2-4,9,12H,5-8H2,1H3,(H,15,17). The molecule has 0 aromatic heterocycles. The van der Waals surface area contributed by atoms with Gasteiger partial charge in [-0.05, 0) is 38.1 Å². The van der Waals surface area contributed by atoms with E-state index in [-0.39, 0.29) is 6.10 Å². The summed E-state index contributed by atoms with van der Waals surface area (Å²) in [4.78, 5) is 13.9. The summed E-state index contributed by atoms with van der Waals surface area (Å²) in [6, 6.07) is 7.02. The predicted octanol–water partition coefficient (Wildman–Crippen LogP) is 2.98. The van der Waals surface area contributed by atoms with Crippen molar-refractivity contribution in [2.24, 2.45) is 0 Å². The Bertz CT molecular complexity index is 417. The summed E-state index contributed by atoms with van der Waals surface area (Å²) >= 11 is 5.84. The van der Waals surface area contributed by atoms with E-state index in [1.54, 1.807) is 24.3 Å². The van der Waals surface area contributed by atoms with Crippen molar-refractivity contribution in [2.75, 3.05) is 25.5 Å². The number of nitrogens with one attached hydrogen (secondary N) is 1. The summed E-state index contributed by atoms with van der Waals surface area (Å²) in [5.74, 6) is 0. The fraction of sp³-hybridized carbons (Fsp3) is 0.462. The molecule has 1 aliphatic rings. The third-order valence-electron chi connectivity index (χ3n) is 3.01. The number of carbonyl (C=O) groups is 1. The molecule has 18 heavy (non-hydrogen) atoms. The number of rotatable bonds is 2. The van der Waals surface area contributed by atoms with Gasteiger partial charge < -0.3 is 9.64 Å². The molecule has 0 atom stereocenters. The topological polar surface area (TPSA) is 41.6 Å². The van der Waals surface area contributed by atoms with Crippen LogP contribution in [0.1, 0.15) is 12.8 Å². The molecule has 1 fully saturated rings. The second-order valence-electron chi connectivity index (χ2n) is 4.54. The van der Waals surface area contributed by atoms with Gasteiger partial charge in [-0.15, -0.1) is 0 Å². The van der Waals surface area contributed by atoms with E-state index in [2.05, 4.69) is 17.3 Å². The lowest BCUT2D eigenvalue weighted by atomic mass is 10.1. The predicted molar refractivity (Wildman–Crippen MR) is 72.1 cm³/mol. The summed E-state index contributed by atoms with van der Waals surface area (Å²) in [6.45, 7) is 1.93. The minimum atomic E-state index is -0.410. The summed E-state index contributed by atoms with van der Waals surface area (Å²) < 4.78 is 5.36. The van der Waals surface area contributed by atoms with Gasteiger partial charge in [-0.25, -0.2) is 4.79 Å². The smallest absolute Gasteiger partial charge is 0.411 e. The number of anilines is 1. The second-order valence-corrected chi connectivity index (χ2v) is 4.98. The number of halogens is 1. The van der Waals surface area contributed by atoms with Crippen LogP contribution in [0.15, 0.2) is 24.3 Å². The van der Waals surface area contributed by atoms with E-state index in [0.29, 0.717) is 10.7 Å². The maximum Gasteiger partial charge on any atom is 0.411 e. The highest BCUT2D eigenvalue weighted by atomic mass is 35.5. The lowest BCUT2D eigenvalue weighted by Crippen LogP contribution is -2.36. The number of amides is 1. The number of benzene rings is 1. The van der Waals surface area contributed by atoms with Crippen LogP contribution in [0.5, 0.6) is 0 Å². The average molecular weight is 269 g/mol. The third-order valence-corrected chi connectivity index (χ3v) is 3.25. The summed E-state index contributed by atoms with van der Waals surface area (Å²) in [7, 11) is 2.07. The van der Waals surface area contributed by atoms with Crippen LogP contribution >= 0.6 is 11.6 Å². The highest BCUT2D eigenvalue weighted by Gasteiger charge is 2.20. The van der Waals surface area contributed by atoms with Crippen molar-refractivity contribution in [3.63, 3.8) is 0 Å². The largest absolute Gasteiger partial charge is 0.446 e. The number of carbonyl (C=O) groups excluding carboxylic acids is 1. The van der Waals surface area contributed by atoms with Gasteiger partial charge >= 0.3 is 6.09 Å². The minimum Gasteiger partial charge on any atom is -0.446 e. The van der Waals surface area contributed by atoms with Crippen molar-refractivity contribution in [3.05, 3.63) is 29.3 Å². The molecule has 0 unspecified atom stereocenters. The molecule has 1 aromatic rings. The van der Waals surface area contributed by atoms with Crippen molar-refractivity contribution in [1.29, 1.82) is 0 Å². The molecule has 0 spiro atoms. The molecule has 4 nitrogen and oxygen atoms in total. The van der Waals surface area contributed by atoms with Gasteiger partial charge in [0.15, 0.2) is 0 Å². The molecule has 1 heterocycles. The van der Waals surface area contributed by atoms with Gasteiger partial charge in [0.25, 0.3) is 0 Å². The van der Waals surface area contributed by atoms with Crippen molar-refractivity contribution < 1.29 is 9.53 Å². The highest BCUT2D eigenvalue weighted by molar-refractivity contribution is 6.30. The lowest BCUT2D eigenvalue weighted by molar-refractivity contribution is 0.0662. The zero-order chi connectivity index (χ0) is 13.0. The van der Waals surface area contributed by atoms with Crippen molar-refractivity contribution >= 4 is 23.4 Å². The van der Waals surface area contributed by atoms with Crippen LogP contribution in [0.3, 0.4) is 0 Å². The van der Waals surface area contributed by atoms with E-state index in [1.165, 1.54) is 0 Å². The SMILES string of the molecule is CN1CCC(OC(=O)Nc2cccc(Cl)c2)CC1. The maximum atomic E-state index is 11.7. The Balaban J connectivity index is 1.82. The third kappa shape index (κ3) is 3.89. The van der Waals surface area contributed by atoms with E-state index in [0.717, 1.165) is 25.9 Å². The maximum absolute atomic E-state index is 11.7. The first-order valence-electron chi connectivity index (χ1n) is 6.05. The molecule has 1 aliphatic heterocycles. The molecule has 0 aliphatic carbocycles. The second kappa shape index (κ2) is 6.07. The van der Waals surface area contributed by atoms with Crippen LogP contribution in [0.2, 0.25) is 5.02 Å². The van der Waals surface area contributed by atoms with Crippen molar-refractivity contribution in [1.82, 2.24) is 4.90 Å². The van der Waals surface area contributed by atoms with Crippen LogP contribution in [0, 0.1) is 0 Å². The van der Waals surface area contributed by atoms with E-state index >= 15 is 0 Å². The first-order chi connectivity index (χ1) is 8.63. The van der Waals surface area contributed by atoms with Crippen LogP contribution in [-0.4, -0.2) is 37.2 Å². The number of hydrogen-bond donors (Lipinski definition) is 1. The van der Waals surface area contributed by atoms with Crippen LogP contribution in [0.4, 0.5) is 10.5 Å². The molecular formula is C13H17ClN2O2. The molecular weight excluding hydrogens is 252 g/mol. The molecule has 1 saturated heterocycles. The number of likely N-dealkylation sites (tertiary alicyclic amines) is 1. The van der Waals surface area contributed by atoms with Crippen molar-refractivity contribution in [3.8, 4) is 0 Å². The molecule has 1 amide bonds. The van der Waals surface area contributed by atoms with E-state index in [4.69, 9.17) is 16.3 Å². The average Bonchev–Trinajstić information content (AvgIpc) is 2.32. The number of ether oxygens (including phenoxy) is 1. The summed E-state index contributed by atoms with van der Waals surface area (Å²) in [5.41, 5.74) is 0.653. The van der Waals surface area contributed by atoms with Gasteiger partial charge in [0.1, 0.15) is 6.10 Å². The van der Waals surface area contributed by atoms with Gasteiger partial charge in [0.2, 0.25) is 0 Å². The summed E-state index contributed by atoms with van der Waals surface area (Å²) in [5, 5.41) is 3.27. The summed E-state index contributed by atoms with van der Waals surface area (Å²) in [6.07, 6.45) is 1.38. The normalized spacial score (nSPS) is 17.4. The zero-order valence-corrected chi connectivity index (χ0v) is 11.1. The Morgan fingerprint density at radius 1 is 1.44 bits per heavy atom. The van der Waals surface area contributed by atoms with Gasteiger partial charge in [0, 0.05) is 23.8 Å². The minimum absolute atomic E-state index is 0.0142. The monoisotopic (exact) mass is 268 g/mol. The Morgan fingerprint density at radius 2 is 2.17 bits per heavy atom. The van der Waals surface area contributed by atoms with Gasteiger partial charge in [-0.3, -0.25) is 5.32 Å². The fourth-order valence-electron chi connectivity index (χ4n) is 1.97. The highest BCUT2D eigenvalue weighted by Crippen LogP contribution is 2.17. The van der Waals surface area contributed by atoms with Gasteiger partial charge in [-0.2, -0.15) is 0 Å². The van der Waals surface area contributed by atoms with E-state index < -0.39 is 6.09 Å². The molecule has 0 radical (unpaired) electrons. The number of hydrogen-bond acceptors (Lipinski definition) is 3.